The first-order valence-electron chi connectivity index (χ1n) is 6.76. The average Bonchev–Trinajstić information content (AvgIpc) is 2.75. The zero-order valence-electron chi connectivity index (χ0n) is 12.3. The molecule has 1 unspecified atom stereocenters. The zero-order chi connectivity index (χ0) is 16.4. The third kappa shape index (κ3) is 3.24. The number of aromatic nitrogens is 2. The van der Waals surface area contributed by atoms with Gasteiger partial charge in [-0.05, 0) is 13.8 Å². The van der Waals surface area contributed by atoms with Gasteiger partial charge >= 0.3 is 12.5 Å². The van der Waals surface area contributed by atoms with E-state index in [0.717, 1.165) is 0 Å². The maximum absolute atomic E-state index is 12.8. The van der Waals surface area contributed by atoms with E-state index in [1.807, 2.05) is 0 Å². The number of morpholine rings is 1. The maximum atomic E-state index is 12.8. The van der Waals surface area contributed by atoms with Gasteiger partial charge in [0.05, 0.1) is 25.3 Å². The summed E-state index contributed by atoms with van der Waals surface area (Å²) in [5, 5.41) is 12.6. The molecule has 1 aliphatic rings. The van der Waals surface area contributed by atoms with Crippen LogP contribution in [0.2, 0.25) is 0 Å². The molecule has 9 heteroatoms. The van der Waals surface area contributed by atoms with Crippen molar-refractivity contribution in [3.63, 3.8) is 0 Å². The second-order valence-electron chi connectivity index (χ2n) is 5.09. The van der Waals surface area contributed by atoms with E-state index >= 15 is 0 Å². The number of carbonyl (C=O) groups excluding carboxylic acids is 1. The molecule has 1 saturated heterocycles. The van der Waals surface area contributed by atoms with Crippen molar-refractivity contribution in [3.05, 3.63) is 17.0 Å². The fourth-order valence-electron chi connectivity index (χ4n) is 2.43. The smallest absolute Gasteiger partial charge is 0.334 e. The molecule has 1 aliphatic heterocycles. The van der Waals surface area contributed by atoms with Gasteiger partial charge in [0.2, 0.25) is 5.91 Å². The highest BCUT2D eigenvalue weighted by Gasteiger charge is 2.30. The van der Waals surface area contributed by atoms with Gasteiger partial charge in [0, 0.05) is 17.8 Å². The van der Waals surface area contributed by atoms with Gasteiger partial charge in [-0.1, -0.05) is 0 Å². The third-order valence-electron chi connectivity index (χ3n) is 3.68. The largest absolute Gasteiger partial charge is 0.479 e. The van der Waals surface area contributed by atoms with Crippen LogP contribution in [0.5, 0.6) is 0 Å². The van der Waals surface area contributed by atoms with Crippen LogP contribution in [0.3, 0.4) is 0 Å². The van der Waals surface area contributed by atoms with Crippen LogP contribution < -0.4 is 0 Å². The van der Waals surface area contributed by atoms with Crippen LogP contribution >= 0.6 is 0 Å². The van der Waals surface area contributed by atoms with E-state index in [1.165, 1.54) is 11.8 Å². The number of hydrogen-bond donors (Lipinski definition) is 1. The lowest BCUT2D eigenvalue weighted by Gasteiger charge is -2.31. The molecule has 0 aliphatic carbocycles. The van der Waals surface area contributed by atoms with E-state index in [4.69, 9.17) is 9.84 Å². The van der Waals surface area contributed by atoms with Gasteiger partial charge in [0.25, 0.3) is 0 Å². The van der Waals surface area contributed by atoms with Crippen LogP contribution in [-0.4, -0.2) is 57.5 Å². The SMILES string of the molecule is Cc1nn(C(F)F)c(C)c1CC(=O)N1CCOC(C(=O)O)C1. The Balaban J connectivity index is 2.10. The van der Waals surface area contributed by atoms with Crippen molar-refractivity contribution in [1.82, 2.24) is 14.7 Å². The number of nitrogens with zero attached hydrogens (tertiary/aromatic N) is 3. The number of rotatable bonds is 4. The van der Waals surface area contributed by atoms with Crippen LogP contribution in [0.25, 0.3) is 0 Å². The molecule has 1 amide bonds. The summed E-state index contributed by atoms with van der Waals surface area (Å²) < 4.78 is 31.2. The normalized spacial score (nSPS) is 18.8. The van der Waals surface area contributed by atoms with E-state index in [2.05, 4.69) is 5.10 Å². The lowest BCUT2D eigenvalue weighted by molar-refractivity contribution is -0.159. The molecule has 0 bridgehead atoms. The first-order chi connectivity index (χ1) is 10.3. The number of ether oxygens (including phenoxy) is 1. The Morgan fingerprint density at radius 1 is 1.45 bits per heavy atom. The number of carbonyl (C=O) groups is 2. The summed E-state index contributed by atoms with van der Waals surface area (Å²) in [5.41, 5.74) is 1.06. The molecule has 0 radical (unpaired) electrons. The Bertz CT molecular complexity index is 588. The van der Waals surface area contributed by atoms with Crippen LogP contribution in [0.4, 0.5) is 8.78 Å². The number of aryl methyl sites for hydroxylation is 1. The Kier molecular flexibility index (Phi) is 4.74. The summed E-state index contributed by atoms with van der Waals surface area (Å²) in [4.78, 5) is 24.6. The lowest BCUT2D eigenvalue weighted by Crippen LogP contribution is -2.49. The molecule has 1 N–H and O–H groups in total. The van der Waals surface area contributed by atoms with Gasteiger partial charge in [-0.2, -0.15) is 13.9 Å². The number of hydrogen-bond acceptors (Lipinski definition) is 4. The van der Waals surface area contributed by atoms with E-state index in [1.54, 1.807) is 6.92 Å². The minimum absolute atomic E-state index is 0.0464. The average molecular weight is 317 g/mol. The second kappa shape index (κ2) is 6.39. The zero-order valence-corrected chi connectivity index (χ0v) is 12.3. The number of carboxylic acids is 1. The monoisotopic (exact) mass is 317 g/mol. The Morgan fingerprint density at radius 2 is 2.14 bits per heavy atom. The van der Waals surface area contributed by atoms with Gasteiger partial charge in [-0.15, -0.1) is 0 Å². The summed E-state index contributed by atoms with van der Waals surface area (Å²) in [6.45, 7) is 0.653. The van der Waals surface area contributed by atoms with E-state index in [0.29, 0.717) is 15.9 Å². The molecule has 7 nitrogen and oxygen atoms in total. The molecular weight excluding hydrogens is 300 g/mol. The Morgan fingerprint density at radius 3 is 2.68 bits per heavy atom. The maximum Gasteiger partial charge on any atom is 0.334 e. The van der Waals surface area contributed by atoms with Gasteiger partial charge in [0.15, 0.2) is 6.10 Å². The van der Waals surface area contributed by atoms with Crippen molar-refractivity contribution in [2.24, 2.45) is 0 Å². The molecule has 1 aromatic rings. The van der Waals surface area contributed by atoms with Crippen molar-refractivity contribution in [2.45, 2.75) is 32.9 Å². The highest BCUT2D eigenvalue weighted by Crippen LogP contribution is 2.20. The van der Waals surface area contributed by atoms with Gasteiger partial charge in [-0.3, -0.25) is 4.79 Å². The number of halogens is 2. The second-order valence-corrected chi connectivity index (χ2v) is 5.09. The Hall–Kier alpha value is -2.03. The van der Waals surface area contributed by atoms with Gasteiger partial charge < -0.3 is 14.7 Å². The summed E-state index contributed by atoms with van der Waals surface area (Å²) in [6, 6.07) is 0. The van der Waals surface area contributed by atoms with E-state index in [9.17, 15) is 18.4 Å². The quantitative estimate of drug-likeness (QED) is 0.886. The molecule has 1 aromatic heterocycles. The molecule has 0 saturated carbocycles. The van der Waals surface area contributed by atoms with E-state index < -0.39 is 18.6 Å². The number of aliphatic carboxylic acids is 1. The molecule has 1 atom stereocenters. The summed E-state index contributed by atoms with van der Waals surface area (Å²) in [6.07, 6.45) is -1.14. The molecular formula is C13H17F2N3O4. The first-order valence-corrected chi connectivity index (χ1v) is 6.76. The molecule has 0 aromatic carbocycles. The molecule has 1 fully saturated rings. The van der Waals surface area contributed by atoms with Crippen LogP contribution in [-0.2, 0) is 20.7 Å². The fraction of sp³-hybridized carbons (Fsp3) is 0.615. The summed E-state index contributed by atoms with van der Waals surface area (Å²) >= 11 is 0. The van der Waals surface area contributed by atoms with Crippen molar-refractivity contribution < 1.29 is 28.2 Å². The number of carboxylic acid groups (broad SMARTS) is 1. The minimum Gasteiger partial charge on any atom is -0.479 e. The van der Waals surface area contributed by atoms with Crippen molar-refractivity contribution in [3.8, 4) is 0 Å². The van der Waals surface area contributed by atoms with Crippen LogP contribution in [0.1, 0.15) is 23.5 Å². The van der Waals surface area contributed by atoms with Crippen molar-refractivity contribution >= 4 is 11.9 Å². The molecule has 22 heavy (non-hydrogen) atoms. The Labute approximate surface area is 125 Å². The molecule has 122 valence electrons. The highest BCUT2D eigenvalue weighted by atomic mass is 19.3. The molecule has 0 spiro atoms. The fourth-order valence-corrected chi connectivity index (χ4v) is 2.43. The highest BCUT2D eigenvalue weighted by molar-refractivity contribution is 5.81. The van der Waals surface area contributed by atoms with E-state index in [-0.39, 0.29) is 37.7 Å². The van der Waals surface area contributed by atoms with Crippen LogP contribution in [0, 0.1) is 13.8 Å². The number of amides is 1. The topological polar surface area (TPSA) is 84.7 Å². The number of alkyl halides is 2. The first kappa shape index (κ1) is 16.3. The van der Waals surface area contributed by atoms with Crippen LogP contribution in [0.15, 0.2) is 0 Å². The molecule has 2 rings (SSSR count). The van der Waals surface area contributed by atoms with Gasteiger partial charge in [0.1, 0.15) is 0 Å². The van der Waals surface area contributed by atoms with Crippen molar-refractivity contribution in [1.29, 1.82) is 0 Å². The summed E-state index contributed by atoms with van der Waals surface area (Å²) in [7, 11) is 0. The minimum atomic E-state index is -2.76. The third-order valence-corrected chi connectivity index (χ3v) is 3.68. The summed E-state index contributed by atoms with van der Waals surface area (Å²) in [5.74, 6) is -1.45. The molecule has 2 heterocycles. The lowest BCUT2D eigenvalue weighted by atomic mass is 10.1. The van der Waals surface area contributed by atoms with Gasteiger partial charge in [-0.25, -0.2) is 9.48 Å². The predicted octanol–water partition coefficient (Wildman–Crippen LogP) is 0.750. The standard InChI is InChI=1S/C13H17F2N3O4/c1-7-9(8(2)18(16-7)13(14)15)5-11(19)17-3-4-22-10(6-17)12(20)21/h10,13H,3-6H2,1-2H3,(H,20,21). The predicted molar refractivity (Wildman–Crippen MR) is 70.6 cm³/mol. The van der Waals surface area contributed by atoms with Crippen molar-refractivity contribution in [2.75, 3.05) is 19.7 Å².